The van der Waals surface area contributed by atoms with Crippen LogP contribution >= 0.6 is 11.8 Å². The van der Waals surface area contributed by atoms with E-state index in [1.165, 1.54) is 55.3 Å². The third-order valence-electron chi connectivity index (χ3n) is 5.20. The SMILES string of the molecule is c1c2c(c(Nc3nc(SC4CNC4)n[nH]3)c3c1CCC3)CCC2. The molecule has 0 radical (unpaired) electrons. The smallest absolute Gasteiger partial charge is 0.224 e. The molecule has 6 heteroatoms. The second-order valence-electron chi connectivity index (χ2n) is 6.72. The lowest BCUT2D eigenvalue weighted by atomic mass is 9.99. The molecule has 0 bridgehead atoms. The molecular weight excluding hydrogens is 306 g/mol. The Morgan fingerprint density at radius 2 is 1.78 bits per heavy atom. The van der Waals surface area contributed by atoms with Gasteiger partial charge in [-0.2, -0.15) is 4.98 Å². The molecule has 3 aliphatic rings. The van der Waals surface area contributed by atoms with Crippen molar-refractivity contribution >= 4 is 23.4 Å². The van der Waals surface area contributed by atoms with Crippen LogP contribution in [-0.2, 0) is 25.7 Å². The van der Waals surface area contributed by atoms with Crippen molar-refractivity contribution in [3.63, 3.8) is 0 Å². The lowest BCUT2D eigenvalue weighted by molar-refractivity contribution is 0.542. The van der Waals surface area contributed by atoms with E-state index in [9.17, 15) is 0 Å². The van der Waals surface area contributed by atoms with E-state index in [0.717, 1.165) is 24.2 Å². The minimum atomic E-state index is 0.615. The minimum absolute atomic E-state index is 0.615. The Hall–Kier alpha value is -1.53. The quantitative estimate of drug-likeness (QED) is 0.805. The normalized spacial score (nSPS) is 19.5. The summed E-state index contributed by atoms with van der Waals surface area (Å²) < 4.78 is 0. The van der Waals surface area contributed by atoms with E-state index in [2.05, 4.69) is 31.9 Å². The summed E-state index contributed by atoms with van der Waals surface area (Å²) in [6.07, 6.45) is 7.38. The molecule has 1 aromatic heterocycles. The standard InChI is InChI=1S/C17H21N5S/c1-3-10-7-11-4-2-6-14(11)15(13(10)5-1)19-16-20-17(22-21-16)23-12-8-18-9-12/h7,12,18H,1-6,8-9H2,(H2,19,20,21,22). The van der Waals surface area contributed by atoms with Crippen LogP contribution < -0.4 is 10.6 Å². The maximum atomic E-state index is 4.64. The number of fused-ring (bicyclic) bond motifs is 2. The number of hydrogen-bond acceptors (Lipinski definition) is 5. The Kier molecular flexibility index (Phi) is 3.33. The van der Waals surface area contributed by atoms with Gasteiger partial charge in [0.2, 0.25) is 11.1 Å². The number of thioether (sulfide) groups is 1. The Morgan fingerprint density at radius 1 is 1.04 bits per heavy atom. The zero-order valence-electron chi connectivity index (χ0n) is 13.1. The minimum Gasteiger partial charge on any atom is -0.324 e. The van der Waals surface area contributed by atoms with Crippen molar-refractivity contribution in [2.75, 3.05) is 18.4 Å². The van der Waals surface area contributed by atoms with Crippen LogP contribution in [0, 0.1) is 0 Å². The molecule has 5 nitrogen and oxygen atoms in total. The lowest BCUT2D eigenvalue weighted by Crippen LogP contribution is -2.44. The van der Waals surface area contributed by atoms with Gasteiger partial charge < -0.3 is 10.6 Å². The van der Waals surface area contributed by atoms with Crippen LogP contribution in [0.1, 0.15) is 35.1 Å². The number of aryl methyl sites for hydroxylation is 2. The number of aromatic nitrogens is 3. The molecule has 2 heterocycles. The third kappa shape index (κ3) is 2.44. The Labute approximate surface area is 140 Å². The molecule has 1 saturated heterocycles. The van der Waals surface area contributed by atoms with E-state index in [4.69, 9.17) is 0 Å². The van der Waals surface area contributed by atoms with Gasteiger partial charge >= 0.3 is 0 Å². The summed E-state index contributed by atoms with van der Waals surface area (Å²) >= 11 is 1.76. The van der Waals surface area contributed by atoms with Crippen molar-refractivity contribution in [3.8, 4) is 0 Å². The topological polar surface area (TPSA) is 65.6 Å². The Balaban J connectivity index is 1.44. The molecule has 2 aliphatic carbocycles. The predicted molar refractivity (Wildman–Crippen MR) is 92.7 cm³/mol. The van der Waals surface area contributed by atoms with Gasteiger partial charge in [0.1, 0.15) is 0 Å². The van der Waals surface area contributed by atoms with E-state index >= 15 is 0 Å². The number of anilines is 2. The molecule has 0 unspecified atom stereocenters. The molecule has 3 N–H and O–H groups in total. The average Bonchev–Trinajstić information content (AvgIpc) is 3.22. The maximum absolute atomic E-state index is 4.64. The van der Waals surface area contributed by atoms with E-state index in [1.54, 1.807) is 22.9 Å². The monoisotopic (exact) mass is 327 g/mol. The summed E-state index contributed by atoms with van der Waals surface area (Å²) in [5.74, 6) is 0.786. The summed E-state index contributed by atoms with van der Waals surface area (Å²) in [6, 6.07) is 2.46. The number of hydrogen-bond donors (Lipinski definition) is 3. The number of benzene rings is 1. The van der Waals surface area contributed by atoms with Gasteiger partial charge in [0.25, 0.3) is 0 Å². The van der Waals surface area contributed by atoms with Gasteiger partial charge in [-0.15, -0.1) is 5.10 Å². The van der Waals surface area contributed by atoms with E-state index in [-0.39, 0.29) is 0 Å². The number of nitrogens with one attached hydrogen (secondary N) is 3. The highest BCUT2D eigenvalue weighted by Gasteiger charge is 2.25. The molecule has 1 aliphatic heterocycles. The number of H-pyrrole nitrogens is 1. The van der Waals surface area contributed by atoms with Crippen LogP contribution in [0.15, 0.2) is 11.2 Å². The number of rotatable bonds is 4. The molecule has 5 rings (SSSR count). The molecule has 23 heavy (non-hydrogen) atoms. The fourth-order valence-corrected chi connectivity index (χ4v) is 4.88. The molecule has 0 spiro atoms. The van der Waals surface area contributed by atoms with Crippen molar-refractivity contribution in [1.82, 2.24) is 20.5 Å². The second kappa shape index (κ2) is 5.53. The van der Waals surface area contributed by atoms with Gasteiger partial charge in [-0.1, -0.05) is 17.8 Å². The maximum Gasteiger partial charge on any atom is 0.224 e. The first-order chi connectivity index (χ1) is 11.4. The Bertz CT molecular complexity index is 717. The van der Waals surface area contributed by atoms with Crippen molar-refractivity contribution in [2.24, 2.45) is 0 Å². The summed E-state index contributed by atoms with van der Waals surface area (Å²) in [5.41, 5.74) is 7.44. The average molecular weight is 327 g/mol. The molecule has 0 saturated carbocycles. The molecule has 120 valence electrons. The fourth-order valence-electron chi connectivity index (χ4n) is 3.94. The van der Waals surface area contributed by atoms with Gasteiger partial charge in [-0.05, 0) is 60.8 Å². The van der Waals surface area contributed by atoms with Crippen molar-refractivity contribution < 1.29 is 0 Å². The number of aromatic amines is 1. The van der Waals surface area contributed by atoms with Crippen molar-refractivity contribution in [2.45, 2.75) is 48.9 Å². The third-order valence-corrected chi connectivity index (χ3v) is 6.26. The molecule has 1 aromatic carbocycles. The molecule has 0 amide bonds. The zero-order chi connectivity index (χ0) is 15.2. The highest BCUT2D eigenvalue weighted by molar-refractivity contribution is 7.99. The highest BCUT2D eigenvalue weighted by atomic mass is 32.2. The molecule has 1 fully saturated rings. The van der Waals surface area contributed by atoms with Gasteiger partial charge in [0, 0.05) is 24.0 Å². The predicted octanol–water partition coefficient (Wildman–Crippen LogP) is 2.59. The van der Waals surface area contributed by atoms with E-state index in [0.29, 0.717) is 5.25 Å². The first-order valence-corrected chi connectivity index (χ1v) is 9.48. The molecular formula is C17H21N5S. The Morgan fingerprint density at radius 3 is 2.43 bits per heavy atom. The lowest BCUT2D eigenvalue weighted by Gasteiger charge is -2.24. The zero-order valence-corrected chi connectivity index (χ0v) is 13.9. The van der Waals surface area contributed by atoms with E-state index < -0.39 is 0 Å². The largest absolute Gasteiger partial charge is 0.324 e. The summed E-state index contributed by atoms with van der Waals surface area (Å²) in [6.45, 7) is 2.11. The van der Waals surface area contributed by atoms with Crippen molar-refractivity contribution in [3.05, 3.63) is 28.3 Å². The van der Waals surface area contributed by atoms with Crippen LogP contribution in [0.25, 0.3) is 0 Å². The van der Waals surface area contributed by atoms with Crippen LogP contribution in [0.3, 0.4) is 0 Å². The van der Waals surface area contributed by atoms with Crippen LogP contribution in [-0.4, -0.2) is 33.5 Å². The van der Waals surface area contributed by atoms with Gasteiger partial charge in [0.05, 0.1) is 0 Å². The number of nitrogens with zero attached hydrogens (tertiary/aromatic N) is 2. The fraction of sp³-hybridized carbons (Fsp3) is 0.529. The van der Waals surface area contributed by atoms with Crippen LogP contribution in [0.2, 0.25) is 0 Å². The molecule has 0 atom stereocenters. The summed E-state index contributed by atoms with van der Waals surface area (Å²) in [4.78, 5) is 4.64. The second-order valence-corrected chi connectivity index (χ2v) is 7.99. The van der Waals surface area contributed by atoms with E-state index in [1.807, 2.05) is 0 Å². The van der Waals surface area contributed by atoms with Crippen LogP contribution in [0.4, 0.5) is 11.6 Å². The van der Waals surface area contributed by atoms with Crippen molar-refractivity contribution in [1.29, 1.82) is 0 Å². The van der Waals surface area contributed by atoms with Gasteiger partial charge in [-0.25, -0.2) is 5.10 Å². The van der Waals surface area contributed by atoms with Gasteiger partial charge in [-0.3, -0.25) is 0 Å². The first-order valence-electron chi connectivity index (χ1n) is 8.60. The highest BCUT2D eigenvalue weighted by Crippen LogP contribution is 2.39. The summed E-state index contributed by atoms with van der Waals surface area (Å²) in [5, 5.41) is 15.8. The molecule has 2 aromatic rings. The van der Waals surface area contributed by atoms with Gasteiger partial charge in [0.15, 0.2) is 0 Å². The summed E-state index contributed by atoms with van der Waals surface area (Å²) in [7, 11) is 0. The first kappa shape index (κ1) is 13.9. The van der Waals surface area contributed by atoms with Crippen LogP contribution in [0.5, 0.6) is 0 Å².